The number of carboxylic acid groups (broad SMARTS) is 1. The molecule has 0 bridgehead atoms. The molecule has 224 valence electrons. The van der Waals surface area contributed by atoms with Gasteiger partial charge in [0.1, 0.15) is 13.6 Å². The Labute approximate surface area is 232 Å². The lowest BCUT2D eigenvalue weighted by atomic mass is 9.74. The van der Waals surface area contributed by atoms with Gasteiger partial charge in [-0.05, 0) is 63.5 Å². The van der Waals surface area contributed by atoms with Gasteiger partial charge in [0.05, 0.1) is 36.5 Å². The number of carbonyl (C=O) groups is 1. The molecule has 2 unspecified atom stereocenters. The van der Waals surface area contributed by atoms with Gasteiger partial charge in [-0.1, -0.05) is 39.3 Å². The molecule has 11 heteroatoms. The van der Waals surface area contributed by atoms with Crippen LogP contribution in [0, 0.1) is 0 Å². The number of ether oxygens (including phenoxy) is 4. The van der Waals surface area contributed by atoms with E-state index in [1.165, 1.54) is 4.90 Å². The van der Waals surface area contributed by atoms with Gasteiger partial charge in [-0.2, -0.15) is 0 Å². The molecule has 38 heavy (non-hydrogen) atoms. The van der Waals surface area contributed by atoms with Gasteiger partial charge in [-0.3, -0.25) is 4.90 Å². The molecule has 2 saturated carbocycles. The molecule has 2 aliphatic rings. The Morgan fingerprint density at radius 3 is 1.37 bits per heavy atom. The second kappa shape index (κ2) is 14.9. The van der Waals surface area contributed by atoms with Crippen molar-refractivity contribution in [3.8, 4) is 0 Å². The molecule has 0 spiro atoms. The van der Waals surface area contributed by atoms with E-state index in [2.05, 4.69) is 39.3 Å². The third-order valence-corrected chi connectivity index (χ3v) is 11.2. The van der Waals surface area contributed by atoms with E-state index in [0.717, 1.165) is 24.9 Å². The summed E-state index contributed by atoms with van der Waals surface area (Å²) in [5.74, 6) is 0. The monoisotopic (exact) mass is 577 g/mol. The molecule has 2 atom stereocenters. The van der Waals surface area contributed by atoms with Crippen LogP contribution >= 0.6 is 0 Å². The molecule has 0 aromatic carbocycles. The molecule has 0 radical (unpaired) electrons. The fourth-order valence-electron chi connectivity index (χ4n) is 4.90. The molecule has 0 aromatic rings. The third kappa shape index (κ3) is 12.8. The van der Waals surface area contributed by atoms with Crippen LogP contribution in [0.25, 0.3) is 0 Å². The zero-order valence-corrected chi connectivity index (χ0v) is 26.8. The van der Waals surface area contributed by atoms with E-state index in [4.69, 9.17) is 18.9 Å². The highest BCUT2D eigenvalue weighted by molar-refractivity contribution is 6.76. The minimum atomic E-state index is -1.21. The quantitative estimate of drug-likeness (QED) is 0.105. The van der Waals surface area contributed by atoms with Crippen molar-refractivity contribution in [1.29, 1.82) is 0 Å². The zero-order valence-electron chi connectivity index (χ0n) is 24.8. The largest absolute Gasteiger partial charge is 0.465 e. The fourth-order valence-corrected chi connectivity index (χ4v) is 6.42. The van der Waals surface area contributed by atoms with Crippen molar-refractivity contribution >= 4 is 22.2 Å². The van der Waals surface area contributed by atoms with Crippen LogP contribution in [0.5, 0.6) is 0 Å². The first kappa shape index (κ1) is 33.7. The fraction of sp³-hybridized carbons (Fsp3) is 0.963. The molecule has 0 aromatic heterocycles. The number of aliphatic hydroxyl groups is 2. The maximum atomic E-state index is 12.7. The Hall–Kier alpha value is -0.536. The molecular weight excluding hydrogens is 522 g/mol. The van der Waals surface area contributed by atoms with Gasteiger partial charge >= 0.3 is 6.09 Å². The van der Waals surface area contributed by atoms with Gasteiger partial charge in [0.25, 0.3) is 0 Å². The minimum Gasteiger partial charge on any atom is -0.465 e. The molecule has 2 fully saturated rings. The van der Waals surface area contributed by atoms with E-state index < -0.39 is 45.5 Å². The molecule has 3 N–H and O–H groups in total. The van der Waals surface area contributed by atoms with E-state index >= 15 is 0 Å². The van der Waals surface area contributed by atoms with Crippen LogP contribution < -0.4 is 0 Å². The number of rotatable bonds is 20. The van der Waals surface area contributed by atoms with Crippen LogP contribution in [0.4, 0.5) is 4.79 Å². The number of hydrogen-bond donors (Lipinski definition) is 3. The number of nitrogens with zero attached hydrogens (tertiary/aromatic N) is 1. The topological polar surface area (TPSA) is 118 Å². The highest BCUT2D eigenvalue weighted by Gasteiger charge is 2.44. The Kier molecular flexibility index (Phi) is 13.2. The van der Waals surface area contributed by atoms with Crippen molar-refractivity contribution in [2.24, 2.45) is 0 Å². The van der Waals surface area contributed by atoms with Crippen molar-refractivity contribution < 1.29 is 39.1 Å². The van der Waals surface area contributed by atoms with Gasteiger partial charge < -0.3 is 34.3 Å². The summed E-state index contributed by atoms with van der Waals surface area (Å²) in [6, 6.07) is 0.893. The summed E-state index contributed by atoms with van der Waals surface area (Å²) in [5.41, 5.74) is -1.78. The van der Waals surface area contributed by atoms with Gasteiger partial charge in [0.15, 0.2) is 0 Å². The van der Waals surface area contributed by atoms with E-state index in [-0.39, 0.29) is 39.6 Å². The van der Waals surface area contributed by atoms with Crippen LogP contribution in [-0.4, -0.2) is 106 Å². The van der Waals surface area contributed by atoms with Crippen LogP contribution in [0.15, 0.2) is 0 Å². The predicted octanol–water partition coefficient (Wildman–Crippen LogP) is 4.97. The average molecular weight is 578 g/mol. The summed E-state index contributed by atoms with van der Waals surface area (Å²) >= 11 is 0. The summed E-state index contributed by atoms with van der Waals surface area (Å²) in [7, 11) is -2.43. The average Bonchev–Trinajstić information content (AvgIpc) is 2.74. The summed E-state index contributed by atoms with van der Waals surface area (Å²) in [5, 5.41) is 32.3. The predicted molar refractivity (Wildman–Crippen MR) is 154 cm³/mol. The molecule has 1 amide bonds. The lowest BCUT2D eigenvalue weighted by Crippen LogP contribution is -2.57. The number of amides is 1. The van der Waals surface area contributed by atoms with Crippen LogP contribution in [0.2, 0.25) is 51.4 Å². The third-order valence-electron chi connectivity index (χ3n) is 7.75. The first-order valence-corrected chi connectivity index (χ1v) is 21.8. The van der Waals surface area contributed by atoms with Crippen molar-refractivity contribution in [2.75, 3.05) is 40.0 Å². The summed E-state index contributed by atoms with van der Waals surface area (Å²) < 4.78 is 23.0. The Morgan fingerprint density at radius 1 is 0.737 bits per heavy atom. The molecule has 2 aliphatic carbocycles. The van der Waals surface area contributed by atoms with Crippen molar-refractivity contribution in [2.45, 2.75) is 126 Å². The van der Waals surface area contributed by atoms with Crippen molar-refractivity contribution in [3.05, 3.63) is 0 Å². The molecule has 0 aliphatic heterocycles. The first-order chi connectivity index (χ1) is 17.6. The second-order valence-corrected chi connectivity index (χ2v) is 25.2. The molecule has 2 rings (SSSR count). The Bertz CT molecular complexity index is 652. The van der Waals surface area contributed by atoms with Crippen LogP contribution in [0.3, 0.4) is 0 Å². The van der Waals surface area contributed by atoms with E-state index in [1.54, 1.807) is 0 Å². The lowest BCUT2D eigenvalue weighted by molar-refractivity contribution is -0.122. The van der Waals surface area contributed by atoms with E-state index in [0.29, 0.717) is 38.9 Å². The van der Waals surface area contributed by atoms with Crippen LogP contribution in [-0.2, 0) is 18.9 Å². The second-order valence-electron chi connectivity index (χ2n) is 14.0. The highest BCUT2D eigenvalue weighted by atomic mass is 28.3. The highest BCUT2D eigenvalue weighted by Crippen LogP contribution is 2.39. The standard InChI is InChI=1S/C27H55NO8Si2/c1-37(2,3)15-13-33-21-35-19-23(17-26(31)9-7-10-26)28(25(29)30)24(18-27(32)11-8-12-27)20-36-22-34-14-16-38(4,5)6/h23-24,31-32H,7-22H2,1-6H3,(H,29,30). The molecule has 0 heterocycles. The smallest absolute Gasteiger partial charge is 0.407 e. The summed E-state index contributed by atoms with van der Waals surface area (Å²) in [6.07, 6.45) is 3.94. The minimum absolute atomic E-state index is 0.0862. The molecular formula is C27H55NO8Si2. The summed E-state index contributed by atoms with van der Waals surface area (Å²) in [6.45, 7) is 15.3. The first-order valence-electron chi connectivity index (χ1n) is 14.4. The Morgan fingerprint density at radius 2 is 1.11 bits per heavy atom. The van der Waals surface area contributed by atoms with Crippen molar-refractivity contribution in [3.63, 3.8) is 0 Å². The maximum absolute atomic E-state index is 12.7. The van der Waals surface area contributed by atoms with E-state index in [1.807, 2.05) is 0 Å². The van der Waals surface area contributed by atoms with Gasteiger partial charge in [0.2, 0.25) is 0 Å². The molecule has 9 nitrogen and oxygen atoms in total. The zero-order chi connectivity index (χ0) is 28.5. The van der Waals surface area contributed by atoms with Crippen molar-refractivity contribution in [1.82, 2.24) is 4.90 Å². The Balaban J connectivity index is 2.04. The van der Waals surface area contributed by atoms with Gasteiger partial charge in [0, 0.05) is 29.4 Å². The van der Waals surface area contributed by atoms with Crippen LogP contribution in [0.1, 0.15) is 51.4 Å². The summed E-state index contributed by atoms with van der Waals surface area (Å²) in [4.78, 5) is 14.0. The van der Waals surface area contributed by atoms with E-state index in [9.17, 15) is 20.1 Å². The maximum Gasteiger partial charge on any atom is 0.407 e. The SMILES string of the molecule is C[Si](C)(C)CCOCOCC(CC1(O)CCC1)N(C(=O)O)C(COCOCC[Si](C)(C)C)CC1(O)CCC1. The normalized spacial score (nSPS) is 20.3. The number of hydrogen-bond acceptors (Lipinski definition) is 7. The lowest BCUT2D eigenvalue weighted by Gasteiger charge is -2.46. The van der Waals surface area contributed by atoms with Gasteiger partial charge in [-0.25, -0.2) is 4.79 Å². The van der Waals surface area contributed by atoms with Gasteiger partial charge in [-0.15, -0.1) is 0 Å². The molecule has 0 saturated heterocycles.